The zero-order chi connectivity index (χ0) is 32.1. The van der Waals surface area contributed by atoms with Crippen molar-refractivity contribution in [3.05, 3.63) is 39.6 Å². The summed E-state index contributed by atoms with van der Waals surface area (Å²) >= 11 is 6.78. The van der Waals surface area contributed by atoms with Gasteiger partial charge in [-0.25, -0.2) is 9.37 Å². The van der Waals surface area contributed by atoms with E-state index >= 15 is 8.78 Å². The van der Waals surface area contributed by atoms with Gasteiger partial charge in [-0.3, -0.25) is 10.00 Å². The molecule has 5 aliphatic heterocycles. The average molecular weight is 678 g/mol. The number of benzene rings is 1. The van der Waals surface area contributed by atoms with Crippen LogP contribution in [-0.2, 0) is 9.47 Å². The van der Waals surface area contributed by atoms with Gasteiger partial charge < -0.3 is 23.8 Å². The number of aromatic nitrogens is 5. The minimum Gasteiger partial charge on any atom is -0.475 e. The molecule has 6 aliphatic rings. The van der Waals surface area contributed by atoms with Crippen molar-refractivity contribution in [3.8, 4) is 23.1 Å². The van der Waals surface area contributed by atoms with Gasteiger partial charge in [-0.15, -0.1) is 0 Å². The minimum atomic E-state index is -0.708. The first kappa shape index (κ1) is 29.3. The fourth-order valence-corrected chi connectivity index (χ4v) is 8.75. The van der Waals surface area contributed by atoms with E-state index in [9.17, 15) is 0 Å². The van der Waals surface area contributed by atoms with Crippen LogP contribution >= 0.6 is 11.6 Å². The Morgan fingerprint density at radius 2 is 1.94 bits per heavy atom. The molecule has 14 heteroatoms. The second-order valence-corrected chi connectivity index (χ2v) is 14.4. The summed E-state index contributed by atoms with van der Waals surface area (Å²) in [5.41, 5.74) is 3.84. The lowest BCUT2D eigenvalue weighted by atomic mass is 9.91. The molecule has 4 saturated heterocycles. The molecule has 4 aromatic rings. The van der Waals surface area contributed by atoms with Crippen molar-refractivity contribution in [2.24, 2.45) is 0 Å². The fourth-order valence-electron chi connectivity index (χ4n) is 8.39. The predicted octanol–water partition coefficient (Wildman–Crippen LogP) is 5.31. The molecule has 8 heterocycles. The monoisotopic (exact) mass is 677 g/mol. The van der Waals surface area contributed by atoms with Crippen LogP contribution in [0.3, 0.4) is 0 Å². The zero-order valence-corrected chi connectivity index (χ0v) is 27.0. The van der Waals surface area contributed by atoms with Gasteiger partial charge in [0.25, 0.3) is 0 Å². The Morgan fingerprint density at radius 1 is 1.04 bits per heavy atom. The number of fused-ring (bicyclic) bond motifs is 4. The van der Waals surface area contributed by atoms with Crippen molar-refractivity contribution in [3.63, 3.8) is 0 Å². The van der Waals surface area contributed by atoms with Crippen molar-refractivity contribution in [1.29, 1.82) is 0 Å². The van der Waals surface area contributed by atoms with Crippen LogP contribution in [0.25, 0.3) is 33.1 Å². The SMILES string of the molecule is Fc1c(-c2c(C3CC3)c(Cl)cc3n[nH]c(F)c23)nc2c3c(nc(OC[C@@]45CCCN4CC(=C4COC4)C5)nc13)N1CCCOC[C@H]1CO2. The van der Waals surface area contributed by atoms with Crippen LogP contribution in [0.2, 0.25) is 5.02 Å². The Labute approximate surface area is 279 Å². The molecule has 5 fully saturated rings. The Balaban J connectivity index is 1.14. The Morgan fingerprint density at radius 3 is 2.77 bits per heavy atom. The zero-order valence-electron chi connectivity index (χ0n) is 26.3. The van der Waals surface area contributed by atoms with Crippen LogP contribution in [-0.4, -0.2) is 101 Å². The second-order valence-electron chi connectivity index (χ2n) is 14.0. The number of rotatable bonds is 5. The summed E-state index contributed by atoms with van der Waals surface area (Å²) in [5, 5.41) is 7.42. The number of halogens is 3. The van der Waals surface area contributed by atoms with Crippen molar-refractivity contribution in [2.75, 3.05) is 64.2 Å². The first-order valence-electron chi connectivity index (χ1n) is 16.9. The van der Waals surface area contributed by atoms with Crippen molar-refractivity contribution in [1.82, 2.24) is 30.0 Å². The molecule has 0 bridgehead atoms. The molecule has 10 rings (SSSR count). The van der Waals surface area contributed by atoms with Crippen LogP contribution in [0, 0.1) is 11.8 Å². The number of H-pyrrole nitrogens is 1. The van der Waals surface area contributed by atoms with Gasteiger partial charge in [0, 0.05) is 30.3 Å². The highest BCUT2D eigenvalue weighted by Crippen LogP contribution is 2.52. The largest absolute Gasteiger partial charge is 0.475 e. The summed E-state index contributed by atoms with van der Waals surface area (Å²) < 4.78 is 56.9. The van der Waals surface area contributed by atoms with Crippen molar-refractivity contribution in [2.45, 2.75) is 56.0 Å². The summed E-state index contributed by atoms with van der Waals surface area (Å²) in [4.78, 5) is 19.1. The molecular weight excluding hydrogens is 644 g/mol. The number of nitrogens with zero attached hydrogens (tertiary/aromatic N) is 6. The third kappa shape index (κ3) is 4.46. The summed E-state index contributed by atoms with van der Waals surface area (Å²) in [7, 11) is 0. The predicted molar refractivity (Wildman–Crippen MR) is 173 cm³/mol. The number of pyridine rings is 1. The van der Waals surface area contributed by atoms with E-state index in [0.29, 0.717) is 66.9 Å². The lowest BCUT2D eigenvalue weighted by molar-refractivity contribution is 0.100. The normalized spacial score (nSPS) is 25.6. The van der Waals surface area contributed by atoms with Gasteiger partial charge in [-0.1, -0.05) is 17.2 Å². The Kier molecular flexibility index (Phi) is 6.67. The van der Waals surface area contributed by atoms with Gasteiger partial charge >= 0.3 is 6.01 Å². The Hall–Kier alpha value is -3.65. The van der Waals surface area contributed by atoms with E-state index in [1.54, 1.807) is 6.07 Å². The molecule has 3 aromatic heterocycles. The molecule has 11 nitrogen and oxygen atoms in total. The molecule has 1 aromatic carbocycles. The number of anilines is 1. The molecule has 0 radical (unpaired) electrons. The van der Waals surface area contributed by atoms with E-state index in [2.05, 4.69) is 20.0 Å². The first-order chi connectivity index (χ1) is 23.5. The summed E-state index contributed by atoms with van der Waals surface area (Å²) in [5.74, 6) is -0.635. The van der Waals surface area contributed by atoms with Gasteiger partial charge in [0.1, 0.15) is 35.6 Å². The molecular formula is C34H34ClF2N7O4. The van der Waals surface area contributed by atoms with E-state index in [-0.39, 0.29) is 58.2 Å². The van der Waals surface area contributed by atoms with E-state index in [1.807, 2.05) is 0 Å². The molecule has 2 atom stereocenters. The molecule has 1 saturated carbocycles. The van der Waals surface area contributed by atoms with E-state index in [4.69, 9.17) is 45.5 Å². The van der Waals surface area contributed by atoms with Crippen LogP contribution in [0.5, 0.6) is 11.9 Å². The van der Waals surface area contributed by atoms with Crippen LogP contribution in [0.15, 0.2) is 17.2 Å². The van der Waals surface area contributed by atoms with E-state index < -0.39 is 11.8 Å². The first-order valence-corrected chi connectivity index (χ1v) is 17.3. The third-order valence-electron chi connectivity index (χ3n) is 11.0. The standard InChI is InChI=1S/C34H34ClF2N7O4/c35-21-9-22-24(30(37)42-41-22)25(23(21)17-3-4-17)28-27(36)29-26-31(44-7-2-8-45-14-20(44)15-47-32(26)38-28)40-33(39-29)48-16-34-5-1-6-43(34)11-18(10-34)19-12-46-13-19/h9,17,20H,1-8,10-16H2,(H,41,42)/t20-,34-/m0/s1. The fraction of sp³-hybridized carbons (Fsp3) is 0.529. The number of aromatic amines is 1. The lowest BCUT2D eigenvalue weighted by Crippen LogP contribution is -2.43. The van der Waals surface area contributed by atoms with Gasteiger partial charge in [0.2, 0.25) is 11.8 Å². The molecule has 0 amide bonds. The minimum absolute atomic E-state index is 0.0150. The molecule has 1 N–H and O–H groups in total. The Bertz CT molecular complexity index is 2030. The maximum Gasteiger partial charge on any atom is 0.319 e. The summed E-state index contributed by atoms with van der Waals surface area (Å²) in [6.45, 7) is 5.65. The highest BCUT2D eigenvalue weighted by atomic mass is 35.5. The van der Waals surface area contributed by atoms with E-state index in [0.717, 1.165) is 51.6 Å². The van der Waals surface area contributed by atoms with Crippen LogP contribution in [0.4, 0.5) is 14.6 Å². The molecule has 0 unspecified atom stereocenters. The van der Waals surface area contributed by atoms with Crippen LogP contribution < -0.4 is 14.4 Å². The van der Waals surface area contributed by atoms with Gasteiger partial charge in [-0.05, 0) is 68.2 Å². The van der Waals surface area contributed by atoms with E-state index in [1.165, 1.54) is 11.1 Å². The molecule has 250 valence electrons. The molecule has 0 spiro atoms. The lowest BCUT2D eigenvalue weighted by Gasteiger charge is -2.31. The van der Waals surface area contributed by atoms with Crippen LogP contribution in [0.1, 0.15) is 50.0 Å². The quantitative estimate of drug-likeness (QED) is 0.279. The van der Waals surface area contributed by atoms with Gasteiger partial charge in [-0.2, -0.15) is 19.5 Å². The molecule has 1 aliphatic carbocycles. The number of hydrogen-bond acceptors (Lipinski definition) is 10. The van der Waals surface area contributed by atoms with Gasteiger partial charge in [0.15, 0.2) is 5.82 Å². The van der Waals surface area contributed by atoms with Crippen molar-refractivity contribution < 1.29 is 27.7 Å². The number of nitrogens with one attached hydrogen (secondary N) is 1. The van der Waals surface area contributed by atoms with Gasteiger partial charge in [0.05, 0.1) is 42.3 Å². The maximum absolute atomic E-state index is 17.3. The highest BCUT2D eigenvalue weighted by Gasteiger charge is 2.48. The molecule has 48 heavy (non-hydrogen) atoms. The second kappa shape index (κ2) is 10.9. The third-order valence-corrected chi connectivity index (χ3v) is 11.3. The smallest absolute Gasteiger partial charge is 0.319 e. The topological polar surface area (TPSA) is 111 Å². The van der Waals surface area contributed by atoms with Crippen molar-refractivity contribution >= 4 is 39.2 Å². The number of hydrogen-bond donors (Lipinski definition) is 1. The summed E-state index contributed by atoms with van der Waals surface area (Å²) in [6.07, 6.45) is 5.51. The maximum atomic E-state index is 17.3. The average Bonchev–Trinajstić information content (AvgIpc) is 3.70. The summed E-state index contributed by atoms with van der Waals surface area (Å²) in [6, 6.07) is 1.54. The number of ether oxygens (including phenoxy) is 4. The highest BCUT2D eigenvalue weighted by molar-refractivity contribution is 6.33.